The molecule has 1 aromatic carbocycles. The largest absolute Gasteiger partial charge is 0.416 e. The van der Waals surface area contributed by atoms with Gasteiger partial charge in [-0.1, -0.05) is 29.2 Å². The molecule has 0 saturated carbocycles. The summed E-state index contributed by atoms with van der Waals surface area (Å²) in [5, 5.41) is 12.9. The van der Waals surface area contributed by atoms with Crippen LogP contribution < -0.4 is 0 Å². The van der Waals surface area contributed by atoms with Crippen LogP contribution in [0, 0.1) is 10.1 Å². The van der Waals surface area contributed by atoms with Gasteiger partial charge >= 0.3 is 12.0 Å². The van der Waals surface area contributed by atoms with Crippen LogP contribution in [0.15, 0.2) is 45.8 Å². The van der Waals surface area contributed by atoms with Crippen LogP contribution in [0.25, 0.3) is 4.96 Å². The SMILES string of the molecule is O=[N+]([O-])c1c(Sc2cccc(C(F)(F)F)c2)nc2sccn12. The molecule has 0 atom stereocenters. The quantitative estimate of drug-likeness (QED) is 0.519. The van der Waals surface area contributed by atoms with Crippen molar-refractivity contribution in [3.05, 3.63) is 51.5 Å². The van der Waals surface area contributed by atoms with E-state index in [0.717, 1.165) is 23.9 Å². The summed E-state index contributed by atoms with van der Waals surface area (Å²) in [6.45, 7) is 0. The van der Waals surface area contributed by atoms with Gasteiger partial charge in [-0.2, -0.15) is 22.6 Å². The van der Waals surface area contributed by atoms with Crippen LogP contribution in [-0.2, 0) is 6.18 Å². The van der Waals surface area contributed by atoms with Crippen LogP contribution >= 0.6 is 23.1 Å². The minimum atomic E-state index is -4.46. The highest BCUT2D eigenvalue weighted by molar-refractivity contribution is 7.99. The van der Waals surface area contributed by atoms with Crippen LogP contribution in [0.4, 0.5) is 19.0 Å². The Kier molecular flexibility index (Phi) is 3.57. The molecule has 0 spiro atoms. The molecule has 0 unspecified atom stereocenters. The van der Waals surface area contributed by atoms with Gasteiger partial charge in [0.25, 0.3) is 4.96 Å². The smallest absolute Gasteiger partial charge is 0.358 e. The predicted octanol–water partition coefficient (Wildman–Crippen LogP) is 4.47. The zero-order valence-corrected chi connectivity index (χ0v) is 12.2. The number of benzene rings is 1. The molecule has 114 valence electrons. The maximum Gasteiger partial charge on any atom is 0.416 e. The highest BCUT2D eigenvalue weighted by Crippen LogP contribution is 2.38. The number of halogens is 3. The minimum Gasteiger partial charge on any atom is -0.358 e. The van der Waals surface area contributed by atoms with E-state index in [-0.39, 0.29) is 15.7 Å². The van der Waals surface area contributed by atoms with E-state index in [1.807, 2.05) is 0 Å². The van der Waals surface area contributed by atoms with Gasteiger partial charge in [-0.3, -0.25) is 0 Å². The van der Waals surface area contributed by atoms with Crippen LogP contribution in [0.5, 0.6) is 0 Å². The van der Waals surface area contributed by atoms with E-state index in [0.29, 0.717) is 4.96 Å². The van der Waals surface area contributed by atoms with Crippen LogP contribution in [0.2, 0.25) is 0 Å². The number of hydrogen-bond acceptors (Lipinski definition) is 5. The summed E-state index contributed by atoms with van der Waals surface area (Å²) in [4.78, 5) is 15.3. The summed E-state index contributed by atoms with van der Waals surface area (Å²) in [7, 11) is 0. The molecule has 0 aliphatic rings. The molecule has 0 bridgehead atoms. The number of nitrogens with zero attached hydrogens (tertiary/aromatic N) is 3. The lowest BCUT2D eigenvalue weighted by Crippen LogP contribution is -2.04. The molecule has 3 aromatic rings. The first-order valence-electron chi connectivity index (χ1n) is 5.81. The topological polar surface area (TPSA) is 60.4 Å². The van der Waals surface area contributed by atoms with Gasteiger partial charge in [-0.05, 0) is 23.1 Å². The number of fused-ring (bicyclic) bond motifs is 1. The maximum atomic E-state index is 12.7. The fourth-order valence-electron chi connectivity index (χ4n) is 1.84. The Labute approximate surface area is 129 Å². The zero-order valence-electron chi connectivity index (χ0n) is 10.6. The maximum absolute atomic E-state index is 12.7. The molecule has 2 aromatic heterocycles. The summed E-state index contributed by atoms with van der Waals surface area (Å²) in [5.41, 5.74) is -0.804. The van der Waals surface area contributed by atoms with Crippen molar-refractivity contribution in [2.75, 3.05) is 0 Å². The number of imidazole rings is 1. The highest BCUT2D eigenvalue weighted by atomic mass is 32.2. The molecule has 0 fully saturated rings. The lowest BCUT2D eigenvalue weighted by atomic mass is 10.2. The number of thiazole rings is 1. The minimum absolute atomic E-state index is 0.0659. The van der Waals surface area contributed by atoms with E-state index in [1.54, 1.807) is 5.38 Å². The first-order valence-corrected chi connectivity index (χ1v) is 7.51. The fraction of sp³-hybridized carbons (Fsp3) is 0.0833. The molecule has 0 saturated heterocycles. The summed E-state index contributed by atoms with van der Waals surface area (Å²) in [5.74, 6) is -0.251. The Morgan fingerprint density at radius 1 is 1.36 bits per heavy atom. The monoisotopic (exact) mass is 345 g/mol. The predicted molar refractivity (Wildman–Crippen MR) is 75.3 cm³/mol. The molecule has 22 heavy (non-hydrogen) atoms. The number of nitro groups is 1. The Bertz CT molecular complexity index is 857. The number of rotatable bonds is 3. The molecule has 0 aliphatic heterocycles. The molecule has 3 rings (SSSR count). The van der Waals surface area contributed by atoms with Gasteiger partial charge in [0.2, 0.25) is 5.03 Å². The van der Waals surface area contributed by atoms with Gasteiger partial charge in [0.05, 0.1) is 5.56 Å². The summed E-state index contributed by atoms with van der Waals surface area (Å²) >= 11 is 2.05. The van der Waals surface area contributed by atoms with Gasteiger partial charge in [-0.15, -0.1) is 0 Å². The van der Waals surface area contributed by atoms with Gasteiger partial charge in [0.1, 0.15) is 6.20 Å². The third-order valence-corrected chi connectivity index (χ3v) is 4.47. The Morgan fingerprint density at radius 3 is 2.82 bits per heavy atom. The molecular weight excluding hydrogens is 339 g/mol. The van der Waals surface area contributed by atoms with Gasteiger partial charge in [-0.25, -0.2) is 0 Å². The second kappa shape index (κ2) is 5.29. The standard InChI is InChI=1S/C12H6F3N3O2S2/c13-12(14,15)7-2-1-3-8(6-7)22-9-10(18(19)20)17-4-5-21-11(17)16-9/h1-6H. The van der Waals surface area contributed by atoms with Crippen molar-refractivity contribution < 1.29 is 18.1 Å². The fourth-order valence-corrected chi connectivity index (χ4v) is 3.56. The van der Waals surface area contributed by atoms with E-state index < -0.39 is 16.7 Å². The van der Waals surface area contributed by atoms with Crippen LogP contribution in [0.3, 0.4) is 0 Å². The van der Waals surface area contributed by atoms with E-state index >= 15 is 0 Å². The molecule has 0 aliphatic carbocycles. The zero-order chi connectivity index (χ0) is 15.9. The molecule has 10 heteroatoms. The summed E-state index contributed by atoms with van der Waals surface area (Å²) in [6, 6.07) is 4.61. The number of hydrogen-bond donors (Lipinski definition) is 0. The van der Waals surface area contributed by atoms with E-state index in [9.17, 15) is 23.3 Å². The molecule has 0 N–H and O–H groups in total. The van der Waals surface area contributed by atoms with Crippen molar-refractivity contribution in [1.29, 1.82) is 0 Å². The van der Waals surface area contributed by atoms with Crippen LogP contribution in [-0.4, -0.2) is 14.3 Å². The van der Waals surface area contributed by atoms with E-state index in [1.165, 1.54) is 34.1 Å². The Balaban J connectivity index is 2.02. The van der Waals surface area contributed by atoms with E-state index in [2.05, 4.69) is 4.98 Å². The van der Waals surface area contributed by atoms with Gasteiger partial charge < -0.3 is 10.1 Å². The number of aromatic nitrogens is 2. The van der Waals surface area contributed by atoms with Gasteiger partial charge in [0.15, 0.2) is 0 Å². The average Bonchev–Trinajstić information content (AvgIpc) is 2.97. The van der Waals surface area contributed by atoms with Crippen molar-refractivity contribution in [2.45, 2.75) is 16.1 Å². The van der Waals surface area contributed by atoms with Gasteiger partial charge in [0, 0.05) is 10.3 Å². The van der Waals surface area contributed by atoms with Crippen molar-refractivity contribution >= 4 is 33.9 Å². The first kappa shape index (κ1) is 14.9. The molecule has 0 amide bonds. The second-order valence-electron chi connectivity index (χ2n) is 4.18. The summed E-state index contributed by atoms with van der Waals surface area (Å²) in [6.07, 6.45) is -2.96. The molecular formula is C12H6F3N3O2S2. The van der Waals surface area contributed by atoms with Crippen molar-refractivity contribution in [2.24, 2.45) is 0 Å². The lowest BCUT2D eigenvalue weighted by molar-refractivity contribution is -0.393. The Morgan fingerprint density at radius 2 is 2.14 bits per heavy atom. The molecule has 5 nitrogen and oxygen atoms in total. The van der Waals surface area contributed by atoms with E-state index in [4.69, 9.17) is 0 Å². The van der Waals surface area contributed by atoms with Crippen LogP contribution in [0.1, 0.15) is 5.56 Å². The van der Waals surface area contributed by atoms with Crippen molar-refractivity contribution in [1.82, 2.24) is 9.38 Å². The van der Waals surface area contributed by atoms with Crippen molar-refractivity contribution in [3.8, 4) is 0 Å². The Hall–Kier alpha value is -2.07. The first-order chi connectivity index (χ1) is 10.4. The molecule has 0 radical (unpaired) electrons. The highest BCUT2D eigenvalue weighted by Gasteiger charge is 2.31. The second-order valence-corrected chi connectivity index (χ2v) is 6.12. The number of alkyl halides is 3. The third kappa shape index (κ3) is 2.66. The molecule has 2 heterocycles. The average molecular weight is 345 g/mol. The van der Waals surface area contributed by atoms with Crippen molar-refractivity contribution in [3.63, 3.8) is 0 Å². The summed E-state index contributed by atoms with van der Waals surface area (Å²) < 4.78 is 39.4. The lowest BCUT2D eigenvalue weighted by Gasteiger charge is -2.07. The normalized spacial score (nSPS) is 12.0. The third-order valence-electron chi connectivity index (χ3n) is 2.75.